The van der Waals surface area contributed by atoms with Gasteiger partial charge in [0.05, 0.1) is 0 Å². The fraction of sp³-hybridized carbons (Fsp3) is 0.444. The average molecular weight is 543 g/mol. The van der Waals surface area contributed by atoms with Crippen LogP contribution in [-0.4, -0.2) is 86.0 Å². The van der Waals surface area contributed by atoms with Gasteiger partial charge in [0.15, 0.2) is 0 Å². The summed E-state index contributed by atoms with van der Waals surface area (Å²) in [4.78, 5) is 0. The summed E-state index contributed by atoms with van der Waals surface area (Å²) in [7, 11) is 0. The molecule has 2 aliphatic heterocycles. The summed E-state index contributed by atoms with van der Waals surface area (Å²) in [5.41, 5.74) is 1.89. The molecule has 0 saturated carbocycles. The molecule has 0 nitrogen and oxygen atoms in total. The third kappa shape index (κ3) is 2.83. The van der Waals surface area contributed by atoms with Crippen molar-refractivity contribution in [2.45, 2.75) is 12.8 Å². The molecule has 0 radical (unpaired) electrons. The molecule has 0 aromatic carbocycles. The van der Waals surface area contributed by atoms with Gasteiger partial charge < -0.3 is 0 Å². The molecule has 0 spiro atoms. The molecule has 80 valence electrons. The number of rotatable bonds is 0. The van der Waals surface area contributed by atoms with E-state index in [1.807, 2.05) is 15.6 Å². The van der Waals surface area contributed by atoms with Crippen molar-refractivity contribution in [2.75, 3.05) is 11.5 Å². The molecular weight excluding hydrogens is 535 g/mol. The maximum absolute atomic E-state index is 3.29. The van der Waals surface area contributed by atoms with Crippen LogP contribution >= 0.6 is 11.8 Å². The van der Waals surface area contributed by atoms with Gasteiger partial charge in [-0.3, -0.25) is 0 Å². The van der Waals surface area contributed by atoms with Crippen molar-refractivity contribution < 1.29 is 0 Å². The van der Waals surface area contributed by atoms with E-state index in [0.29, 0.717) is 0 Å². The van der Waals surface area contributed by atoms with Crippen LogP contribution < -0.4 is 6.67 Å². The van der Waals surface area contributed by atoms with E-state index in [4.69, 9.17) is 0 Å². The van der Waals surface area contributed by atoms with E-state index in [1.165, 1.54) is 24.3 Å². The molecule has 0 bridgehead atoms. The first-order valence-corrected chi connectivity index (χ1v) is 13.5. The molecule has 0 unspecified atom stereocenters. The van der Waals surface area contributed by atoms with Crippen LogP contribution in [0, 0.1) is 1.81 Å². The van der Waals surface area contributed by atoms with Gasteiger partial charge in [-0.2, -0.15) is 0 Å². The second-order valence-electron chi connectivity index (χ2n) is 3.24. The number of fused-ring (bicyclic) bond motifs is 1. The zero-order valence-corrected chi connectivity index (χ0v) is 17.2. The van der Waals surface area contributed by atoms with E-state index >= 15 is 0 Å². The van der Waals surface area contributed by atoms with Crippen LogP contribution in [0.4, 0.5) is 0 Å². The van der Waals surface area contributed by atoms with Crippen LogP contribution in [0.1, 0.15) is 12.8 Å². The van der Waals surface area contributed by atoms with E-state index in [-0.39, 0.29) is 0 Å². The maximum atomic E-state index is 3.29. The summed E-state index contributed by atoms with van der Waals surface area (Å²) < 4.78 is 7.55. The third-order valence-electron chi connectivity index (χ3n) is 2.27. The number of hydrogen-bond acceptors (Lipinski definition) is 1. The Bertz CT molecular complexity index is 433. The van der Waals surface area contributed by atoms with Crippen LogP contribution in [-0.2, 0) is 0 Å². The van der Waals surface area contributed by atoms with Crippen LogP contribution in [0.15, 0.2) is 8.94 Å². The van der Waals surface area contributed by atoms with Crippen molar-refractivity contribution in [3.8, 4) is 0 Å². The molecule has 0 amide bonds. The molecule has 1 saturated heterocycles. The van der Waals surface area contributed by atoms with Crippen molar-refractivity contribution >= 4 is 92.9 Å². The number of allylic oxidation sites excluding steroid dienone is 1. The van der Waals surface area contributed by atoms with Crippen LogP contribution in [0.2, 0.25) is 0 Å². The second kappa shape index (κ2) is 5.51. The zero-order chi connectivity index (χ0) is 10.3. The molecule has 3 rings (SSSR count). The van der Waals surface area contributed by atoms with Gasteiger partial charge in [-0.15, -0.1) is 0 Å². The van der Waals surface area contributed by atoms with E-state index < -0.39 is 0 Å². The topological polar surface area (TPSA) is 0 Å². The predicted molar refractivity (Wildman–Crippen MR) is 73.7 cm³/mol. The van der Waals surface area contributed by atoms with Gasteiger partial charge in [0.25, 0.3) is 0 Å². The Balaban J connectivity index is 1.88. The zero-order valence-electron chi connectivity index (χ0n) is 7.78. The summed E-state index contributed by atoms with van der Waals surface area (Å²) in [6.07, 6.45) is 2.83. The van der Waals surface area contributed by atoms with Crippen molar-refractivity contribution in [3.63, 3.8) is 0 Å². The van der Waals surface area contributed by atoms with Gasteiger partial charge in [-0.05, 0) is 0 Å². The fourth-order valence-electron chi connectivity index (χ4n) is 1.54. The SMILES string of the molecule is [Se]=c1[se]c2c([se]1)[Se]C(=C1CCSCC1)[Se]2. The van der Waals surface area contributed by atoms with Crippen molar-refractivity contribution in [1.29, 1.82) is 0 Å². The summed E-state index contributed by atoms with van der Waals surface area (Å²) in [6, 6.07) is 0. The molecular formula is C9H8SSe5. The van der Waals surface area contributed by atoms with E-state index in [2.05, 4.69) is 27.3 Å². The molecule has 15 heavy (non-hydrogen) atoms. The van der Waals surface area contributed by atoms with Gasteiger partial charge in [-0.1, -0.05) is 0 Å². The van der Waals surface area contributed by atoms with Crippen molar-refractivity contribution in [3.05, 3.63) is 10.8 Å². The Labute approximate surface area is 126 Å². The molecule has 0 aliphatic carbocycles. The predicted octanol–water partition coefficient (Wildman–Crippen LogP) is -1.09. The Morgan fingerprint density at radius 2 is 1.60 bits per heavy atom. The number of thioether (sulfide) groups is 1. The molecule has 1 aromatic rings. The monoisotopic (exact) mass is 548 g/mol. The Kier molecular flexibility index (Phi) is 4.54. The molecule has 6 heteroatoms. The van der Waals surface area contributed by atoms with Gasteiger partial charge in [0.1, 0.15) is 0 Å². The summed E-state index contributed by atoms with van der Waals surface area (Å²) in [6.45, 7) is 0. The standard InChI is InChI=1S/C9H8SSe5/c11-9-14-7-8(15-9)13-6(12-7)5-1-3-10-4-2-5/h1-4H2. The first-order chi connectivity index (χ1) is 7.33. The third-order valence-corrected chi connectivity index (χ3v) is 20.9. The van der Waals surface area contributed by atoms with Crippen molar-refractivity contribution in [1.82, 2.24) is 0 Å². The summed E-state index contributed by atoms with van der Waals surface area (Å²) >= 11 is 8.61. The minimum absolute atomic E-state index is 0.781. The van der Waals surface area contributed by atoms with E-state index in [0.717, 1.165) is 58.9 Å². The van der Waals surface area contributed by atoms with Crippen LogP contribution in [0.25, 0.3) is 0 Å². The van der Waals surface area contributed by atoms with Gasteiger partial charge in [0, 0.05) is 0 Å². The van der Waals surface area contributed by atoms with E-state index in [9.17, 15) is 0 Å². The Hall–Kier alpha value is 2.30. The van der Waals surface area contributed by atoms with Crippen LogP contribution in [0.5, 0.6) is 0 Å². The molecule has 0 N–H and O–H groups in total. The van der Waals surface area contributed by atoms with Crippen molar-refractivity contribution in [2.24, 2.45) is 0 Å². The quantitative estimate of drug-likeness (QED) is 0.376. The molecule has 2 aliphatic rings. The van der Waals surface area contributed by atoms with Gasteiger partial charge in [-0.25, -0.2) is 0 Å². The normalized spacial score (nSPS) is 20.8. The Morgan fingerprint density at radius 1 is 1.00 bits per heavy atom. The van der Waals surface area contributed by atoms with E-state index in [1.54, 1.807) is 1.81 Å². The molecule has 1 aromatic heterocycles. The number of hydrogen-bond donors (Lipinski definition) is 0. The molecule has 3 heterocycles. The van der Waals surface area contributed by atoms with Crippen LogP contribution in [0.3, 0.4) is 0 Å². The summed E-state index contributed by atoms with van der Waals surface area (Å²) in [5.74, 6) is 2.79. The minimum atomic E-state index is 0.781. The van der Waals surface area contributed by atoms with Gasteiger partial charge >= 0.3 is 128 Å². The first-order valence-electron chi connectivity index (χ1n) is 4.62. The fourth-order valence-corrected chi connectivity index (χ4v) is 29.2. The second-order valence-corrected chi connectivity index (χ2v) is 21.7. The first kappa shape index (κ1) is 12.3. The molecule has 1 fully saturated rings. The summed E-state index contributed by atoms with van der Waals surface area (Å²) in [5, 5.41) is 0. The van der Waals surface area contributed by atoms with Gasteiger partial charge in [0.2, 0.25) is 0 Å². The molecule has 0 atom stereocenters. The Morgan fingerprint density at radius 3 is 2.20 bits per heavy atom. The average Bonchev–Trinajstić information content (AvgIpc) is 2.76.